The van der Waals surface area contributed by atoms with Crippen LogP contribution in [0.25, 0.3) is 0 Å². The quantitative estimate of drug-likeness (QED) is 0.423. The van der Waals surface area contributed by atoms with Crippen LogP contribution in [0.3, 0.4) is 0 Å². The van der Waals surface area contributed by atoms with E-state index in [1.54, 1.807) is 0 Å². The molecule has 1 spiro atoms. The lowest BCUT2D eigenvalue weighted by molar-refractivity contribution is -0.216. The average molecular weight is 464 g/mol. The topological polar surface area (TPSA) is 21.3 Å². The molecule has 5 fully saturated rings. The summed E-state index contributed by atoms with van der Waals surface area (Å²) in [7, 11) is 0. The van der Waals surface area contributed by atoms with Crippen LogP contribution in [0.4, 0.5) is 0 Å². The Morgan fingerprint density at radius 1 is 0.969 bits per heavy atom. The lowest BCUT2D eigenvalue weighted by Crippen LogP contribution is -2.66. The number of fused-ring (bicyclic) bond motifs is 6. The van der Waals surface area contributed by atoms with Crippen LogP contribution < -0.4 is 5.32 Å². The Hall–Kier alpha value is 0.210. The third-order valence-corrected chi connectivity index (χ3v) is 12.2. The van der Waals surface area contributed by atoms with Gasteiger partial charge in [0.1, 0.15) is 5.72 Å². The predicted molar refractivity (Wildman–Crippen MR) is 135 cm³/mol. The number of rotatable bonds is 5. The van der Waals surface area contributed by atoms with Crippen molar-refractivity contribution in [1.82, 2.24) is 5.32 Å². The standard InChI is InChI=1S/C29H50ClNO/c1-19(2)7-6-8-20(3)23-9-10-24-22-18-29(31-15-16-32-29)26-17-21(30)11-13-28(26,5)25(22)12-14-27(23,24)4/h19-26,31H,6-18H2,1-5H3/t20-,21+,22+,23-,24+,25+,26+,27-,28-,29-/m1/s1. The highest BCUT2D eigenvalue weighted by Gasteiger charge is 2.67. The van der Waals surface area contributed by atoms with E-state index in [9.17, 15) is 0 Å². The van der Waals surface area contributed by atoms with Crippen LogP contribution >= 0.6 is 11.6 Å². The summed E-state index contributed by atoms with van der Waals surface area (Å²) < 4.78 is 6.67. The molecule has 1 heterocycles. The minimum Gasteiger partial charge on any atom is -0.359 e. The molecule has 5 aliphatic rings. The first kappa shape index (κ1) is 23.9. The smallest absolute Gasteiger partial charge is 0.123 e. The molecule has 4 saturated carbocycles. The molecule has 0 aromatic rings. The Bertz CT molecular complexity index is 674. The number of hydrogen-bond donors (Lipinski definition) is 1. The Balaban J connectivity index is 1.39. The summed E-state index contributed by atoms with van der Waals surface area (Å²) in [6.45, 7) is 14.6. The highest BCUT2D eigenvalue weighted by molar-refractivity contribution is 6.20. The number of alkyl halides is 1. The fraction of sp³-hybridized carbons (Fsp3) is 1.00. The zero-order valence-electron chi connectivity index (χ0n) is 21.6. The van der Waals surface area contributed by atoms with E-state index in [1.807, 2.05) is 0 Å². The molecule has 1 aliphatic heterocycles. The molecule has 5 rings (SSSR count). The highest BCUT2D eigenvalue weighted by Crippen LogP contribution is 2.70. The summed E-state index contributed by atoms with van der Waals surface area (Å²) in [5.74, 6) is 5.85. The first-order valence-corrected chi connectivity index (χ1v) is 14.7. The third-order valence-electron chi connectivity index (χ3n) is 11.8. The minimum atomic E-state index is -0.0945. The fourth-order valence-electron chi connectivity index (χ4n) is 10.3. The summed E-state index contributed by atoms with van der Waals surface area (Å²) in [5, 5.41) is 4.27. The highest BCUT2D eigenvalue weighted by atomic mass is 35.5. The molecule has 184 valence electrons. The predicted octanol–water partition coefficient (Wildman–Crippen LogP) is 7.64. The molecule has 0 bridgehead atoms. The van der Waals surface area contributed by atoms with Crippen LogP contribution in [0.5, 0.6) is 0 Å². The van der Waals surface area contributed by atoms with Crippen molar-refractivity contribution in [3.05, 3.63) is 0 Å². The second-order valence-corrected chi connectivity index (χ2v) is 14.3. The summed E-state index contributed by atoms with van der Waals surface area (Å²) in [6.07, 6.45) is 15.0. The monoisotopic (exact) mass is 463 g/mol. The normalized spacial score (nSPS) is 51.5. The minimum absolute atomic E-state index is 0.0945. The molecule has 0 amide bonds. The molecule has 4 aliphatic carbocycles. The molecule has 3 heteroatoms. The summed E-state index contributed by atoms with van der Waals surface area (Å²) in [5.41, 5.74) is 0.849. The van der Waals surface area contributed by atoms with Gasteiger partial charge in [-0.2, -0.15) is 0 Å². The first-order chi connectivity index (χ1) is 15.2. The van der Waals surface area contributed by atoms with Gasteiger partial charge in [-0.25, -0.2) is 0 Å². The van der Waals surface area contributed by atoms with E-state index < -0.39 is 0 Å². The molecule has 1 saturated heterocycles. The molecule has 1 N–H and O–H groups in total. The number of halogens is 1. The van der Waals surface area contributed by atoms with Crippen LogP contribution in [0, 0.1) is 52.3 Å². The van der Waals surface area contributed by atoms with Crippen molar-refractivity contribution in [2.75, 3.05) is 13.2 Å². The van der Waals surface area contributed by atoms with E-state index in [0.717, 1.165) is 55.1 Å². The maximum atomic E-state index is 6.78. The van der Waals surface area contributed by atoms with Crippen molar-refractivity contribution < 1.29 is 4.74 Å². The third kappa shape index (κ3) is 3.72. The van der Waals surface area contributed by atoms with Gasteiger partial charge in [0.15, 0.2) is 0 Å². The number of hydrogen-bond acceptors (Lipinski definition) is 2. The van der Waals surface area contributed by atoms with Crippen molar-refractivity contribution in [3.8, 4) is 0 Å². The Morgan fingerprint density at radius 3 is 2.44 bits per heavy atom. The van der Waals surface area contributed by atoms with Gasteiger partial charge < -0.3 is 4.74 Å². The number of ether oxygens (including phenoxy) is 1. The van der Waals surface area contributed by atoms with Crippen molar-refractivity contribution >= 4 is 11.6 Å². The van der Waals surface area contributed by atoms with Crippen LogP contribution in [0.1, 0.15) is 105 Å². The second kappa shape index (κ2) is 8.70. The van der Waals surface area contributed by atoms with Crippen molar-refractivity contribution in [2.24, 2.45) is 52.3 Å². The van der Waals surface area contributed by atoms with E-state index in [0.29, 0.717) is 22.1 Å². The molecule has 0 aromatic carbocycles. The lowest BCUT2D eigenvalue weighted by atomic mass is 9.42. The summed E-state index contributed by atoms with van der Waals surface area (Å²) >= 11 is 6.78. The molecule has 0 aromatic heterocycles. The van der Waals surface area contributed by atoms with Crippen molar-refractivity contribution in [1.29, 1.82) is 0 Å². The van der Waals surface area contributed by atoms with Crippen LogP contribution in [-0.2, 0) is 4.74 Å². The second-order valence-electron chi connectivity index (χ2n) is 13.7. The van der Waals surface area contributed by atoms with E-state index in [1.165, 1.54) is 64.2 Å². The van der Waals surface area contributed by atoms with Gasteiger partial charge in [0.05, 0.1) is 6.61 Å². The fourth-order valence-corrected chi connectivity index (χ4v) is 10.5. The molecule has 32 heavy (non-hydrogen) atoms. The van der Waals surface area contributed by atoms with Gasteiger partial charge in [-0.3, -0.25) is 5.32 Å². The van der Waals surface area contributed by atoms with Crippen LogP contribution in [0.2, 0.25) is 0 Å². The van der Waals surface area contributed by atoms with Gasteiger partial charge in [0.25, 0.3) is 0 Å². The largest absolute Gasteiger partial charge is 0.359 e. The Kier molecular flexibility index (Phi) is 6.51. The zero-order valence-corrected chi connectivity index (χ0v) is 22.4. The zero-order chi connectivity index (χ0) is 22.7. The Labute approximate surface area is 203 Å². The number of nitrogens with one attached hydrogen (secondary N) is 1. The molecule has 2 nitrogen and oxygen atoms in total. The van der Waals surface area contributed by atoms with Gasteiger partial charge >= 0.3 is 0 Å². The first-order valence-electron chi connectivity index (χ1n) is 14.2. The van der Waals surface area contributed by atoms with E-state index in [4.69, 9.17) is 16.3 Å². The summed E-state index contributed by atoms with van der Waals surface area (Å²) in [4.78, 5) is 0. The Morgan fingerprint density at radius 2 is 1.72 bits per heavy atom. The van der Waals surface area contributed by atoms with Crippen LogP contribution in [0.15, 0.2) is 0 Å². The van der Waals surface area contributed by atoms with Gasteiger partial charge in [-0.1, -0.05) is 53.9 Å². The average Bonchev–Trinajstić information content (AvgIpc) is 3.34. The van der Waals surface area contributed by atoms with E-state index in [-0.39, 0.29) is 5.72 Å². The van der Waals surface area contributed by atoms with Crippen molar-refractivity contribution in [2.45, 2.75) is 116 Å². The maximum absolute atomic E-state index is 6.78. The van der Waals surface area contributed by atoms with E-state index >= 15 is 0 Å². The molecule has 10 atom stereocenters. The summed E-state index contributed by atoms with van der Waals surface area (Å²) in [6, 6.07) is 0. The molecular weight excluding hydrogens is 414 g/mol. The SMILES string of the molecule is CC(C)CCC[C@@H](C)[C@H]1CC[C@H]2[C@@H]3C[C@]4(NCCO4)[C@H]4C[C@@H](Cl)CC[C@]4(C)[C@H]3CC[C@]12C. The van der Waals surface area contributed by atoms with Gasteiger partial charge in [-0.05, 0) is 97.7 Å². The molecule has 0 radical (unpaired) electrons. The maximum Gasteiger partial charge on any atom is 0.123 e. The lowest BCUT2D eigenvalue weighted by Gasteiger charge is -2.65. The molecular formula is C29H50ClNO. The van der Waals surface area contributed by atoms with Crippen molar-refractivity contribution in [3.63, 3.8) is 0 Å². The molecule has 0 unspecified atom stereocenters. The van der Waals surface area contributed by atoms with Crippen LogP contribution in [-0.4, -0.2) is 24.3 Å². The van der Waals surface area contributed by atoms with Gasteiger partial charge in [0, 0.05) is 17.8 Å². The van der Waals surface area contributed by atoms with Gasteiger partial charge in [0.2, 0.25) is 0 Å². The van der Waals surface area contributed by atoms with E-state index in [2.05, 4.69) is 39.9 Å². The van der Waals surface area contributed by atoms with Gasteiger partial charge in [-0.15, -0.1) is 11.6 Å².